The molecule has 374 valence electrons. The Hall–Kier alpha value is -1.40. The molecule has 0 bridgehead atoms. The molecule has 2 atom stereocenters. The molecule has 6 nitrogen and oxygen atoms in total. The minimum atomic E-state index is -0.859. The summed E-state index contributed by atoms with van der Waals surface area (Å²) in [6.07, 6.45) is 62.3. The third kappa shape index (κ3) is 49.9. The van der Waals surface area contributed by atoms with Crippen molar-refractivity contribution < 1.29 is 24.5 Å². The fourth-order valence-electron chi connectivity index (χ4n) is 8.93. The first-order valence-corrected chi connectivity index (χ1v) is 28.5. The number of hydrogen-bond donors (Lipinski definition) is 3. The number of unbranched alkanes of at least 4 members (excludes halogenated alkanes) is 42. The second-order valence-electron chi connectivity index (χ2n) is 19.6. The molecule has 0 rings (SSSR count). The smallest absolute Gasteiger partial charge is 0.305 e. The molecule has 0 aliphatic carbocycles. The molecule has 0 saturated heterocycles. The number of aliphatic hydroxyl groups excluding tert-OH is 2. The van der Waals surface area contributed by atoms with Crippen LogP contribution in [0.5, 0.6) is 0 Å². The van der Waals surface area contributed by atoms with Gasteiger partial charge in [0.25, 0.3) is 0 Å². The van der Waals surface area contributed by atoms with Gasteiger partial charge < -0.3 is 20.3 Å². The Bertz CT molecular complexity index is 939. The normalized spacial score (nSPS) is 12.6. The Morgan fingerprint density at radius 2 is 0.730 bits per heavy atom. The first-order chi connectivity index (χ1) is 31.0. The van der Waals surface area contributed by atoms with E-state index in [0.717, 1.165) is 57.8 Å². The Morgan fingerprint density at radius 1 is 0.429 bits per heavy atom. The molecule has 3 N–H and O–H groups in total. The fourth-order valence-corrected chi connectivity index (χ4v) is 8.93. The fraction of sp³-hybridized carbons (Fsp3) is 0.930. The predicted octanol–water partition coefficient (Wildman–Crippen LogP) is 17.3. The topological polar surface area (TPSA) is 95.9 Å². The number of rotatable bonds is 53. The maximum absolute atomic E-state index is 12.5. The zero-order chi connectivity index (χ0) is 45.8. The van der Waals surface area contributed by atoms with Gasteiger partial charge in [0, 0.05) is 12.8 Å². The molecule has 0 spiro atoms. The van der Waals surface area contributed by atoms with Gasteiger partial charge in [0.2, 0.25) is 5.91 Å². The Labute approximate surface area is 393 Å². The maximum atomic E-state index is 12.5. The zero-order valence-corrected chi connectivity index (χ0v) is 42.6. The second-order valence-corrected chi connectivity index (χ2v) is 19.6. The van der Waals surface area contributed by atoms with Gasteiger partial charge >= 0.3 is 5.97 Å². The summed E-state index contributed by atoms with van der Waals surface area (Å²) in [6, 6.07) is -0.644. The van der Waals surface area contributed by atoms with E-state index in [2.05, 4.69) is 19.2 Å². The van der Waals surface area contributed by atoms with Crippen molar-refractivity contribution in [2.45, 2.75) is 328 Å². The first-order valence-electron chi connectivity index (χ1n) is 28.5. The van der Waals surface area contributed by atoms with Crippen LogP contribution in [0.25, 0.3) is 0 Å². The van der Waals surface area contributed by atoms with Crippen LogP contribution in [0.3, 0.4) is 0 Å². The largest absolute Gasteiger partial charge is 0.466 e. The van der Waals surface area contributed by atoms with Crippen LogP contribution in [0.4, 0.5) is 0 Å². The summed E-state index contributed by atoms with van der Waals surface area (Å²) in [5.74, 6) is -0.105. The molecule has 0 aromatic heterocycles. The molecule has 63 heavy (non-hydrogen) atoms. The third-order valence-electron chi connectivity index (χ3n) is 13.3. The van der Waals surface area contributed by atoms with Crippen LogP contribution in [0, 0.1) is 0 Å². The van der Waals surface area contributed by atoms with Crippen molar-refractivity contribution in [3.8, 4) is 0 Å². The van der Waals surface area contributed by atoms with Crippen LogP contribution in [0.1, 0.15) is 316 Å². The van der Waals surface area contributed by atoms with Crippen LogP contribution in [0.15, 0.2) is 12.2 Å². The molecule has 0 aromatic rings. The van der Waals surface area contributed by atoms with Crippen LogP contribution in [0.2, 0.25) is 0 Å². The molecular weight excluding hydrogens is 779 g/mol. The number of nitrogens with one attached hydrogen (secondary N) is 1. The number of carbonyl (C=O) groups is 2. The summed E-state index contributed by atoms with van der Waals surface area (Å²) in [5.41, 5.74) is 0. The highest BCUT2D eigenvalue weighted by Crippen LogP contribution is 2.17. The van der Waals surface area contributed by atoms with Gasteiger partial charge in [0.15, 0.2) is 0 Å². The minimum Gasteiger partial charge on any atom is -0.466 e. The van der Waals surface area contributed by atoms with E-state index in [9.17, 15) is 19.8 Å². The van der Waals surface area contributed by atoms with Gasteiger partial charge in [-0.3, -0.25) is 9.59 Å². The van der Waals surface area contributed by atoms with Crippen molar-refractivity contribution in [1.29, 1.82) is 0 Å². The lowest BCUT2D eigenvalue weighted by Crippen LogP contribution is -2.45. The van der Waals surface area contributed by atoms with E-state index < -0.39 is 12.1 Å². The summed E-state index contributed by atoms with van der Waals surface area (Å²) in [5, 5.41) is 23.2. The van der Waals surface area contributed by atoms with Gasteiger partial charge in [-0.25, -0.2) is 0 Å². The van der Waals surface area contributed by atoms with E-state index in [1.807, 2.05) is 6.08 Å². The molecule has 1 amide bonds. The Morgan fingerprint density at radius 3 is 1.08 bits per heavy atom. The lowest BCUT2D eigenvalue weighted by atomic mass is 10.0. The molecule has 0 aliphatic heterocycles. The number of allylic oxidation sites excluding steroid dienone is 1. The number of ether oxygens (including phenoxy) is 1. The van der Waals surface area contributed by atoms with E-state index in [0.29, 0.717) is 19.4 Å². The average Bonchev–Trinajstić information content (AvgIpc) is 3.28. The van der Waals surface area contributed by atoms with Crippen LogP contribution in [-0.2, 0) is 14.3 Å². The van der Waals surface area contributed by atoms with E-state index in [1.165, 1.54) is 231 Å². The van der Waals surface area contributed by atoms with Crippen molar-refractivity contribution in [2.24, 2.45) is 0 Å². The Balaban J connectivity index is 3.50. The van der Waals surface area contributed by atoms with E-state index >= 15 is 0 Å². The number of carbonyl (C=O) groups excluding carboxylic acids is 2. The summed E-state index contributed by atoms with van der Waals surface area (Å²) >= 11 is 0. The van der Waals surface area contributed by atoms with Gasteiger partial charge in [0.05, 0.1) is 25.4 Å². The molecule has 0 fully saturated rings. The van der Waals surface area contributed by atoms with Gasteiger partial charge in [-0.1, -0.05) is 283 Å². The SMILES string of the molecule is CCCCCCCCCCCCCCCCCCCCCCC/C=C/C(O)C(CO)NC(=O)CCCCCCCCCCCCOC(=O)CCCCCCCCCCCCCCC. The highest BCUT2D eigenvalue weighted by Gasteiger charge is 2.18. The molecular formula is C57H111NO5. The summed E-state index contributed by atoms with van der Waals surface area (Å²) < 4.78 is 5.45. The summed E-state index contributed by atoms with van der Waals surface area (Å²) in [4.78, 5) is 24.5. The van der Waals surface area contributed by atoms with Gasteiger partial charge in [-0.15, -0.1) is 0 Å². The number of aliphatic hydroxyl groups is 2. The molecule has 0 heterocycles. The van der Waals surface area contributed by atoms with Gasteiger partial charge in [0.1, 0.15) is 0 Å². The van der Waals surface area contributed by atoms with Crippen molar-refractivity contribution >= 4 is 11.9 Å². The third-order valence-corrected chi connectivity index (χ3v) is 13.3. The molecule has 0 radical (unpaired) electrons. The number of esters is 1. The molecule has 2 unspecified atom stereocenters. The van der Waals surface area contributed by atoms with Crippen LogP contribution >= 0.6 is 0 Å². The molecule has 6 heteroatoms. The van der Waals surface area contributed by atoms with Crippen molar-refractivity contribution in [1.82, 2.24) is 5.32 Å². The van der Waals surface area contributed by atoms with Crippen molar-refractivity contribution in [2.75, 3.05) is 13.2 Å². The van der Waals surface area contributed by atoms with Gasteiger partial charge in [-0.05, 0) is 32.1 Å². The lowest BCUT2D eigenvalue weighted by Gasteiger charge is -2.20. The average molecular weight is 891 g/mol. The summed E-state index contributed by atoms with van der Waals surface area (Å²) in [7, 11) is 0. The lowest BCUT2D eigenvalue weighted by molar-refractivity contribution is -0.143. The van der Waals surface area contributed by atoms with Crippen LogP contribution < -0.4 is 5.32 Å². The van der Waals surface area contributed by atoms with Crippen molar-refractivity contribution in [3.05, 3.63) is 12.2 Å². The maximum Gasteiger partial charge on any atom is 0.305 e. The van der Waals surface area contributed by atoms with E-state index in [1.54, 1.807) is 6.08 Å². The number of amides is 1. The summed E-state index contributed by atoms with van der Waals surface area (Å²) in [6.45, 7) is 4.87. The highest BCUT2D eigenvalue weighted by molar-refractivity contribution is 5.76. The molecule has 0 aliphatic rings. The zero-order valence-electron chi connectivity index (χ0n) is 42.6. The van der Waals surface area contributed by atoms with Gasteiger partial charge in [-0.2, -0.15) is 0 Å². The molecule has 0 saturated carbocycles. The second kappa shape index (κ2) is 53.2. The highest BCUT2D eigenvalue weighted by atomic mass is 16.5. The Kier molecular flexibility index (Phi) is 52.0. The quantitative estimate of drug-likeness (QED) is 0.0321. The first kappa shape index (κ1) is 61.6. The van der Waals surface area contributed by atoms with E-state index in [4.69, 9.17) is 4.74 Å². The van der Waals surface area contributed by atoms with Crippen molar-refractivity contribution in [3.63, 3.8) is 0 Å². The van der Waals surface area contributed by atoms with Crippen LogP contribution in [-0.4, -0.2) is 47.4 Å². The predicted molar refractivity (Wildman–Crippen MR) is 273 cm³/mol. The standard InChI is InChI=1S/C57H111NO5/c1-3-5-7-9-11-13-15-17-18-19-20-21-22-23-24-25-26-28-29-33-37-41-45-49-55(60)54(53-59)58-56(61)50-46-42-38-34-31-32-36-40-44-48-52-63-57(62)51-47-43-39-35-30-27-16-14-12-10-8-6-4-2/h45,49,54-55,59-60H,3-44,46-48,50-53H2,1-2H3,(H,58,61)/b49-45+. The molecule has 0 aromatic carbocycles. The van der Waals surface area contributed by atoms with E-state index in [-0.39, 0.29) is 18.5 Å². The minimum absolute atomic E-state index is 0.0184. The number of hydrogen-bond acceptors (Lipinski definition) is 5. The monoisotopic (exact) mass is 890 g/mol.